The van der Waals surface area contributed by atoms with Gasteiger partial charge in [-0.1, -0.05) is 96.8 Å². The molecule has 0 aliphatic carbocycles. The van der Waals surface area contributed by atoms with E-state index in [1.54, 1.807) is 0 Å². The average molecular weight is 383 g/mol. The van der Waals surface area contributed by atoms with Crippen LogP contribution in [0.3, 0.4) is 0 Å². The number of nitrogens with one attached hydrogen (secondary N) is 1. The number of rotatable bonds is 20. The molecule has 0 bridgehead atoms. The monoisotopic (exact) mass is 382 g/mol. The summed E-state index contributed by atoms with van der Waals surface area (Å²) in [5, 5.41) is 3.05. The van der Waals surface area contributed by atoms with Gasteiger partial charge in [0.05, 0.1) is 0 Å². The van der Waals surface area contributed by atoms with E-state index in [4.69, 9.17) is 0 Å². The Bertz CT molecular complexity index is 318. The van der Waals surface area contributed by atoms with Gasteiger partial charge in [-0.25, -0.2) is 0 Å². The molecule has 0 saturated heterocycles. The first-order valence-corrected chi connectivity index (χ1v) is 12.0. The highest BCUT2D eigenvalue weighted by Gasteiger charge is 2.05. The summed E-state index contributed by atoms with van der Waals surface area (Å²) < 4.78 is 0. The normalized spacial score (nSPS) is 12.5. The Hall–Kier alpha value is -0.570. The third kappa shape index (κ3) is 20.0. The minimum Gasteiger partial charge on any atom is -0.356 e. The van der Waals surface area contributed by atoms with Gasteiger partial charge in [0, 0.05) is 19.0 Å². The molecule has 1 atom stereocenters. The second-order valence-electron chi connectivity index (χ2n) is 8.65. The number of carbonyl (C=O) groups excluding carboxylic acids is 1. The van der Waals surface area contributed by atoms with Crippen molar-refractivity contribution in [2.24, 2.45) is 0 Å². The summed E-state index contributed by atoms with van der Waals surface area (Å²) in [5.74, 6) is 0.232. The van der Waals surface area contributed by atoms with Crippen LogP contribution in [-0.4, -0.2) is 37.5 Å². The van der Waals surface area contributed by atoms with Gasteiger partial charge in [-0.2, -0.15) is 0 Å². The van der Waals surface area contributed by atoms with Crippen LogP contribution in [0.5, 0.6) is 0 Å². The van der Waals surface area contributed by atoms with Gasteiger partial charge >= 0.3 is 0 Å². The van der Waals surface area contributed by atoms with E-state index in [0.717, 1.165) is 19.4 Å². The quantitative estimate of drug-likeness (QED) is 0.237. The number of nitrogens with zero attached hydrogens (tertiary/aromatic N) is 1. The van der Waals surface area contributed by atoms with Gasteiger partial charge < -0.3 is 10.2 Å². The topological polar surface area (TPSA) is 32.3 Å². The van der Waals surface area contributed by atoms with E-state index in [1.165, 1.54) is 89.9 Å². The molecule has 0 aliphatic rings. The van der Waals surface area contributed by atoms with Gasteiger partial charge in [0.1, 0.15) is 0 Å². The lowest BCUT2D eigenvalue weighted by Gasteiger charge is -2.19. The number of amides is 1. The van der Waals surface area contributed by atoms with Gasteiger partial charge in [-0.05, 0) is 33.9 Å². The van der Waals surface area contributed by atoms with Crippen LogP contribution in [0.25, 0.3) is 0 Å². The molecule has 27 heavy (non-hydrogen) atoms. The fourth-order valence-corrected chi connectivity index (χ4v) is 3.42. The maximum atomic E-state index is 11.8. The van der Waals surface area contributed by atoms with E-state index in [-0.39, 0.29) is 5.91 Å². The molecule has 0 spiro atoms. The van der Waals surface area contributed by atoms with E-state index < -0.39 is 0 Å². The molecule has 0 aliphatic heterocycles. The molecule has 0 saturated carbocycles. The maximum absolute atomic E-state index is 11.8. The van der Waals surface area contributed by atoms with Crippen molar-refractivity contribution in [3.63, 3.8) is 0 Å². The van der Waals surface area contributed by atoms with Crippen molar-refractivity contribution >= 4 is 5.91 Å². The predicted octanol–water partition coefficient (Wildman–Crippen LogP) is 6.70. The molecule has 3 nitrogen and oxygen atoms in total. The van der Waals surface area contributed by atoms with Gasteiger partial charge in [0.2, 0.25) is 5.91 Å². The molecular weight excluding hydrogens is 332 g/mol. The van der Waals surface area contributed by atoms with Crippen molar-refractivity contribution in [3.8, 4) is 0 Å². The molecule has 162 valence electrons. The first kappa shape index (κ1) is 26.4. The number of hydrogen-bond acceptors (Lipinski definition) is 2. The highest BCUT2D eigenvalue weighted by atomic mass is 16.1. The Balaban J connectivity index is 3.19. The van der Waals surface area contributed by atoms with Gasteiger partial charge in [0.15, 0.2) is 0 Å². The smallest absolute Gasteiger partial charge is 0.219 e. The highest BCUT2D eigenvalue weighted by molar-refractivity contribution is 5.75. The molecule has 0 radical (unpaired) electrons. The Kier molecular flexibility index (Phi) is 19.7. The van der Waals surface area contributed by atoms with Crippen molar-refractivity contribution in [2.45, 2.75) is 129 Å². The van der Waals surface area contributed by atoms with E-state index in [2.05, 4.69) is 38.2 Å². The molecule has 0 rings (SSSR count). The number of hydrogen-bond donors (Lipinski definition) is 1. The minimum atomic E-state index is 0.232. The van der Waals surface area contributed by atoms with Crippen molar-refractivity contribution in [3.05, 3.63) is 0 Å². The van der Waals surface area contributed by atoms with Crippen molar-refractivity contribution < 1.29 is 4.79 Å². The maximum Gasteiger partial charge on any atom is 0.219 e. The lowest BCUT2D eigenvalue weighted by Crippen LogP contribution is -2.31. The van der Waals surface area contributed by atoms with E-state index in [0.29, 0.717) is 12.5 Å². The first-order chi connectivity index (χ1) is 13.1. The Morgan fingerprint density at radius 1 is 0.741 bits per heavy atom. The Labute approximate surface area is 171 Å². The van der Waals surface area contributed by atoms with Crippen LogP contribution in [0, 0.1) is 0 Å². The second kappa shape index (κ2) is 20.2. The predicted molar refractivity (Wildman–Crippen MR) is 120 cm³/mol. The summed E-state index contributed by atoms with van der Waals surface area (Å²) >= 11 is 0. The molecule has 0 aromatic rings. The summed E-state index contributed by atoms with van der Waals surface area (Å²) in [6.07, 6.45) is 22.2. The zero-order valence-electron chi connectivity index (χ0n) is 19.2. The summed E-state index contributed by atoms with van der Waals surface area (Å²) in [7, 11) is 4.17. The van der Waals surface area contributed by atoms with Crippen LogP contribution >= 0.6 is 0 Å². The van der Waals surface area contributed by atoms with Crippen molar-refractivity contribution in [2.75, 3.05) is 20.6 Å². The fraction of sp³-hybridized carbons (Fsp3) is 0.958. The second-order valence-corrected chi connectivity index (χ2v) is 8.65. The molecule has 0 heterocycles. The standard InChI is InChI=1S/C24H50N2O/c1-5-6-7-8-9-10-11-12-13-14-15-16-17-18-19-20-24(27)25-22-21-23(2)26(3)4/h23H,5-22H2,1-4H3,(H,25,27). The molecule has 0 aromatic heterocycles. The van der Waals surface area contributed by atoms with Crippen LogP contribution < -0.4 is 5.32 Å². The largest absolute Gasteiger partial charge is 0.356 e. The molecule has 1 unspecified atom stereocenters. The molecule has 3 heteroatoms. The lowest BCUT2D eigenvalue weighted by atomic mass is 10.0. The third-order valence-electron chi connectivity index (χ3n) is 5.77. The molecule has 1 amide bonds. The summed E-state index contributed by atoms with van der Waals surface area (Å²) in [6, 6.07) is 0.524. The zero-order chi connectivity index (χ0) is 20.2. The van der Waals surface area contributed by atoms with Gasteiger partial charge in [-0.3, -0.25) is 4.79 Å². The molecule has 0 fully saturated rings. The summed E-state index contributed by atoms with van der Waals surface area (Å²) in [5.41, 5.74) is 0. The fourth-order valence-electron chi connectivity index (χ4n) is 3.42. The van der Waals surface area contributed by atoms with E-state index >= 15 is 0 Å². The third-order valence-corrected chi connectivity index (χ3v) is 5.77. The Morgan fingerprint density at radius 2 is 1.15 bits per heavy atom. The van der Waals surface area contributed by atoms with Crippen LogP contribution in [0.4, 0.5) is 0 Å². The van der Waals surface area contributed by atoms with E-state index in [9.17, 15) is 4.79 Å². The summed E-state index contributed by atoms with van der Waals surface area (Å²) in [6.45, 7) is 5.28. The van der Waals surface area contributed by atoms with Crippen molar-refractivity contribution in [1.29, 1.82) is 0 Å². The van der Waals surface area contributed by atoms with Crippen LogP contribution in [-0.2, 0) is 4.79 Å². The minimum absolute atomic E-state index is 0.232. The first-order valence-electron chi connectivity index (χ1n) is 12.0. The molecule has 1 N–H and O–H groups in total. The SMILES string of the molecule is CCCCCCCCCCCCCCCCCC(=O)NCCC(C)N(C)C. The van der Waals surface area contributed by atoms with Gasteiger partial charge in [-0.15, -0.1) is 0 Å². The van der Waals surface area contributed by atoms with Crippen LogP contribution in [0.1, 0.15) is 123 Å². The van der Waals surface area contributed by atoms with Crippen molar-refractivity contribution in [1.82, 2.24) is 10.2 Å². The van der Waals surface area contributed by atoms with Crippen LogP contribution in [0.2, 0.25) is 0 Å². The number of unbranched alkanes of at least 4 members (excludes halogenated alkanes) is 14. The average Bonchev–Trinajstić information content (AvgIpc) is 2.64. The lowest BCUT2D eigenvalue weighted by molar-refractivity contribution is -0.121. The van der Waals surface area contributed by atoms with Gasteiger partial charge in [0.25, 0.3) is 0 Å². The zero-order valence-corrected chi connectivity index (χ0v) is 19.2. The molecule has 0 aromatic carbocycles. The highest BCUT2D eigenvalue weighted by Crippen LogP contribution is 2.13. The Morgan fingerprint density at radius 3 is 1.56 bits per heavy atom. The summed E-state index contributed by atoms with van der Waals surface area (Å²) in [4.78, 5) is 14.0. The van der Waals surface area contributed by atoms with Crippen LogP contribution in [0.15, 0.2) is 0 Å². The van der Waals surface area contributed by atoms with E-state index in [1.807, 2.05) is 0 Å². The number of carbonyl (C=O) groups is 1. The molecular formula is C24H50N2O.